The number of nitrogens with zero attached hydrogens (tertiary/aromatic N) is 3. The molecule has 1 aromatic rings. The monoisotopic (exact) mass is 301 g/mol. The fraction of sp³-hybridized carbons (Fsp3) is 0.529. The molecule has 1 atom stereocenters. The predicted molar refractivity (Wildman–Crippen MR) is 85.6 cm³/mol. The van der Waals surface area contributed by atoms with Gasteiger partial charge in [-0.3, -0.25) is 14.5 Å². The second-order valence-corrected chi connectivity index (χ2v) is 6.13. The summed E-state index contributed by atoms with van der Waals surface area (Å²) >= 11 is 0. The first-order chi connectivity index (χ1) is 10.7. The molecule has 5 nitrogen and oxygen atoms in total. The number of anilines is 1. The number of benzene rings is 1. The summed E-state index contributed by atoms with van der Waals surface area (Å²) in [5, 5.41) is 0. The van der Waals surface area contributed by atoms with E-state index in [9.17, 15) is 9.59 Å². The van der Waals surface area contributed by atoms with Crippen molar-refractivity contribution in [3.05, 3.63) is 30.3 Å². The highest BCUT2D eigenvalue weighted by Crippen LogP contribution is 2.20. The number of carbonyl (C=O) groups is 2. The molecule has 2 heterocycles. The number of rotatable bonds is 2. The Balaban J connectivity index is 1.65. The molecule has 0 radical (unpaired) electrons. The van der Waals surface area contributed by atoms with E-state index in [1.807, 2.05) is 37.4 Å². The lowest BCUT2D eigenvalue weighted by Gasteiger charge is -2.39. The number of amides is 2. The number of likely N-dealkylation sites (tertiary alicyclic amines) is 1. The Labute approximate surface area is 131 Å². The van der Waals surface area contributed by atoms with Crippen molar-refractivity contribution in [2.75, 3.05) is 38.1 Å². The molecule has 0 N–H and O–H groups in total. The van der Waals surface area contributed by atoms with Gasteiger partial charge in [0, 0.05) is 18.8 Å². The maximum absolute atomic E-state index is 12.7. The number of piperazine rings is 1. The van der Waals surface area contributed by atoms with E-state index in [0.717, 1.165) is 31.5 Å². The molecule has 3 rings (SSSR count). The first-order valence-corrected chi connectivity index (χ1v) is 8.01. The van der Waals surface area contributed by atoms with Gasteiger partial charge in [0.2, 0.25) is 11.8 Å². The lowest BCUT2D eigenvalue weighted by molar-refractivity contribution is -0.142. The van der Waals surface area contributed by atoms with Crippen molar-refractivity contribution in [3.63, 3.8) is 0 Å². The van der Waals surface area contributed by atoms with E-state index < -0.39 is 0 Å². The maximum atomic E-state index is 12.7. The smallest absolute Gasteiger partial charge is 0.246 e. The number of likely N-dealkylation sites (N-methyl/N-ethyl adjacent to an activating group) is 1. The van der Waals surface area contributed by atoms with Gasteiger partial charge in [0.05, 0.1) is 6.04 Å². The average Bonchev–Trinajstić information content (AvgIpc) is 2.55. The van der Waals surface area contributed by atoms with E-state index in [2.05, 4.69) is 4.90 Å². The number of piperidine rings is 1. The van der Waals surface area contributed by atoms with Gasteiger partial charge in [-0.25, -0.2) is 0 Å². The molecule has 0 unspecified atom stereocenters. The van der Waals surface area contributed by atoms with E-state index in [-0.39, 0.29) is 24.4 Å². The van der Waals surface area contributed by atoms with Gasteiger partial charge in [-0.2, -0.15) is 0 Å². The van der Waals surface area contributed by atoms with Crippen molar-refractivity contribution < 1.29 is 9.59 Å². The zero-order valence-electron chi connectivity index (χ0n) is 13.1. The molecule has 2 amide bonds. The van der Waals surface area contributed by atoms with Crippen LogP contribution in [-0.2, 0) is 9.59 Å². The topological polar surface area (TPSA) is 43.9 Å². The molecule has 118 valence electrons. The molecule has 0 saturated carbocycles. The average molecular weight is 301 g/mol. The van der Waals surface area contributed by atoms with Crippen LogP contribution in [0.5, 0.6) is 0 Å². The Morgan fingerprint density at radius 2 is 1.86 bits per heavy atom. The molecule has 5 heteroatoms. The molecule has 0 bridgehead atoms. The Morgan fingerprint density at radius 3 is 2.55 bits per heavy atom. The number of hydrogen-bond acceptors (Lipinski definition) is 3. The minimum Gasteiger partial charge on any atom is -0.330 e. The molecule has 1 aromatic carbocycles. The molecule has 22 heavy (non-hydrogen) atoms. The Hall–Kier alpha value is -1.88. The van der Waals surface area contributed by atoms with Crippen molar-refractivity contribution in [2.24, 2.45) is 0 Å². The summed E-state index contributed by atoms with van der Waals surface area (Å²) in [7, 11) is 2.00. The summed E-state index contributed by atoms with van der Waals surface area (Å²) < 4.78 is 0. The number of carbonyl (C=O) groups excluding carboxylic acids is 2. The van der Waals surface area contributed by atoms with Gasteiger partial charge in [-0.1, -0.05) is 24.6 Å². The standard InChI is InChI=1S/C17H23N3O2/c1-18-10-6-5-9-15(18)17(22)19-11-12-20(16(21)13-19)14-7-3-2-4-8-14/h2-4,7-8,15H,5-6,9-13H2,1H3/t15-/m1/s1. The highest BCUT2D eigenvalue weighted by molar-refractivity contribution is 5.98. The van der Waals surface area contributed by atoms with Crippen molar-refractivity contribution in [1.82, 2.24) is 9.80 Å². The molecule has 2 aliphatic heterocycles. The molecule has 2 fully saturated rings. The van der Waals surface area contributed by atoms with Gasteiger partial charge in [0.25, 0.3) is 0 Å². The Kier molecular flexibility index (Phi) is 4.43. The molecule has 0 spiro atoms. The summed E-state index contributed by atoms with van der Waals surface area (Å²) in [4.78, 5) is 30.7. The SMILES string of the molecule is CN1CCCC[C@@H]1C(=O)N1CCN(c2ccccc2)C(=O)C1. The quantitative estimate of drug-likeness (QED) is 0.828. The van der Waals surface area contributed by atoms with Crippen LogP contribution in [0.2, 0.25) is 0 Å². The zero-order valence-corrected chi connectivity index (χ0v) is 13.1. The van der Waals surface area contributed by atoms with Gasteiger partial charge in [-0.05, 0) is 38.6 Å². The van der Waals surface area contributed by atoms with E-state index in [1.165, 1.54) is 0 Å². The first-order valence-electron chi connectivity index (χ1n) is 8.01. The largest absolute Gasteiger partial charge is 0.330 e. The van der Waals surface area contributed by atoms with Crippen LogP contribution >= 0.6 is 0 Å². The van der Waals surface area contributed by atoms with Gasteiger partial charge in [0.15, 0.2) is 0 Å². The Morgan fingerprint density at radius 1 is 1.09 bits per heavy atom. The zero-order chi connectivity index (χ0) is 15.5. The normalized spacial score (nSPS) is 23.7. The van der Waals surface area contributed by atoms with E-state index in [1.54, 1.807) is 9.80 Å². The molecule has 0 aromatic heterocycles. The van der Waals surface area contributed by atoms with Crippen LogP contribution < -0.4 is 4.90 Å². The minimum atomic E-state index is -0.0511. The van der Waals surface area contributed by atoms with Crippen LogP contribution in [0.15, 0.2) is 30.3 Å². The molecular formula is C17H23N3O2. The first kappa shape index (κ1) is 15.0. The molecular weight excluding hydrogens is 278 g/mol. The lowest BCUT2D eigenvalue weighted by Crippen LogP contribution is -2.57. The molecule has 2 saturated heterocycles. The summed E-state index contributed by atoms with van der Waals surface area (Å²) in [5.41, 5.74) is 0.911. The third-order valence-electron chi connectivity index (χ3n) is 4.66. The van der Waals surface area contributed by atoms with Crippen LogP contribution in [-0.4, -0.2) is 60.9 Å². The molecule has 2 aliphatic rings. The summed E-state index contributed by atoms with van der Waals surface area (Å²) in [6.45, 7) is 2.35. The van der Waals surface area contributed by atoms with Gasteiger partial charge in [-0.15, -0.1) is 0 Å². The van der Waals surface area contributed by atoms with Crippen molar-refractivity contribution >= 4 is 17.5 Å². The number of para-hydroxylation sites is 1. The van der Waals surface area contributed by atoms with Crippen LogP contribution in [0, 0.1) is 0 Å². The predicted octanol–water partition coefficient (Wildman–Crippen LogP) is 1.35. The second kappa shape index (κ2) is 6.48. The second-order valence-electron chi connectivity index (χ2n) is 6.13. The molecule has 0 aliphatic carbocycles. The minimum absolute atomic E-state index is 0.00395. The van der Waals surface area contributed by atoms with E-state index >= 15 is 0 Å². The van der Waals surface area contributed by atoms with E-state index in [0.29, 0.717) is 13.1 Å². The fourth-order valence-corrected chi connectivity index (χ4v) is 3.34. The van der Waals surface area contributed by atoms with Gasteiger partial charge >= 0.3 is 0 Å². The van der Waals surface area contributed by atoms with Crippen molar-refractivity contribution in [3.8, 4) is 0 Å². The van der Waals surface area contributed by atoms with Crippen LogP contribution in [0.25, 0.3) is 0 Å². The van der Waals surface area contributed by atoms with Crippen LogP contribution in [0.3, 0.4) is 0 Å². The summed E-state index contributed by atoms with van der Waals surface area (Å²) in [5.74, 6) is 0.118. The number of hydrogen-bond donors (Lipinski definition) is 0. The Bertz CT molecular complexity index is 546. The highest BCUT2D eigenvalue weighted by Gasteiger charge is 2.34. The van der Waals surface area contributed by atoms with Crippen molar-refractivity contribution in [2.45, 2.75) is 25.3 Å². The summed E-state index contributed by atoms with van der Waals surface area (Å²) in [6, 6.07) is 9.61. The van der Waals surface area contributed by atoms with Gasteiger partial charge < -0.3 is 9.80 Å². The van der Waals surface area contributed by atoms with Gasteiger partial charge in [0.1, 0.15) is 6.54 Å². The van der Waals surface area contributed by atoms with E-state index in [4.69, 9.17) is 0 Å². The third-order valence-corrected chi connectivity index (χ3v) is 4.66. The fourth-order valence-electron chi connectivity index (χ4n) is 3.34. The van der Waals surface area contributed by atoms with Crippen LogP contribution in [0.4, 0.5) is 5.69 Å². The lowest BCUT2D eigenvalue weighted by atomic mass is 10.0. The van der Waals surface area contributed by atoms with Crippen LogP contribution in [0.1, 0.15) is 19.3 Å². The highest BCUT2D eigenvalue weighted by atomic mass is 16.2. The maximum Gasteiger partial charge on any atom is 0.246 e. The van der Waals surface area contributed by atoms with Crippen molar-refractivity contribution in [1.29, 1.82) is 0 Å². The third kappa shape index (κ3) is 2.99. The summed E-state index contributed by atoms with van der Waals surface area (Å²) in [6.07, 6.45) is 3.15.